The minimum absolute atomic E-state index is 0.0206. The van der Waals surface area contributed by atoms with Crippen LogP contribution in [0.2, 0.25) is 0 Å². The maximum atomic E-state index is 12.4. The van der Waals surface area contributed by atoms with Crippen LogP contribution in [0.4, 0.5) is 4.79 Å². The molecule has 2 aromatic carbocycles. The summed E-state index contributed by atoms with van der Waals surface area (Å²) in [4.78, 5) is 38.7. The van der Waals surface area contributed by atoms with E-state index >= 15 is 0 Å². The van der Waals surface area contributed by atoms with E-state index in [2.05, 4.69) is 4.84 Å². The molecule has 2 aromatic rings. The molecule has 158 valence electrons. The van der Waals surface area contributed by atoms with Gasteiger partial charge in [-0.2, -0.15) is 0 Å². The van der Waals surface area contributed by atoms with Crippen molar-refractivity contribution in [3.63, 3.8) is 0 Å². The normalized spacial score (nSPS) is 10.0. The van der Waals surface area contributed by atoms with Gasteiger partial charge in [0.25, 0.3) is 5.09 Å². The molecule has 0 unspecified atom stereocenters. The van der Waals surface area contributed by atoms with Crippen molar-refractivity contribution in [2.75, 3.05) is 13.2 Å². The first kappa shape index (κ1) is 22.6. The highest BCUT2D eigenvalue weighted by Gasteiger charge is 2.18. The summed E-state index contributed by atoms with van der Waals surface area (Å²) in [5.41, 5.74) is 6.17. The van der Waals surface area contributed by atoms with Crippen LogP contribution in [0.15, 0.2) is 48.5 Å². The van der Waals surface area contributed by atoms with Crippen molar-refractivity contribution < 1.29 is 33.7 Å². The smallest absolute Gasteiger partial charge is 0.434 e. The number of para-hydroxylation sites is 1. The summed E-state index contributed by atoms with van der Waals surface area (Å²) >= 11 is 4.86. The molecule has 0 aromatic heterocycles. The highest BCUT2D eigenvalue weighted by atomic mass is 32.1. The SMILES string of the molecule is NC(=S)c1ccc(OC(=O)c2ccccc2OC(=O)OCCCCO[N+](=O)[O-])cc1. The number of unbranched alkanes of at least 4 members (excludes halogenated alkanes) is 1. The van der Waals surface area contributed by atoms with Crippen molar-refractivity contribution in [2.24, 2.45) is 5.73 Å². The third kappa shape index (κ3) is 7.36. The Balaban J connectivity index is 1.89. The number of ether oxygens (including phenoxy) is 3. The van der Waals surface area contributed by atoms with Crippen molar-refractivity contribution in [2.45, 2.75) is 12.8 Å². The monoisotopic (exact) mass is 434 g/mol. The second-order valence-corrected chi connectivity index (χ2v) is 6.18. The number of carbonyl (C=O) groups excluding carboxylic acids is 2. The Morgan fingerprint density at radius 1 is 1.00 bits per heavy atom. The van der Waals surface area contributed by atoms with Gasteiger partial charge >= 0.3 is 12.1 Å². The second-order valence-electron chi connectivity index (χ2n) is 5.74. The standard InChI is InChI=1S/C19H18N2O8S/c20-17(30)13-7-9-14(10-8-13)28-18(22)15-5-1-2-6-16(15)29-19(23)26-11-3-4-12-27-21(24)25/h1-2,5-10H,3-4,11-12H2,(H2,20,30). The van der Waals surface area contributed by atoms with Gasteiger partial charge < -0.3 is 24.8 Å². The molecule has 0 atom stereocenters. The summed E-state index contributed by atoms with van der Waals surface area (Å²) in [7, 11) is 0. The number of benzene rings is 2. The fraction of sp³-hybridized carbons (Fsp3) is 0.211. The predicted molar refractivity (Wildman–Crippen MR) is 108 cm³/mol. The van der Waals surface area contributed by atoms with E-state index < -0.39 is 17.2 Å². The quantitative estimate of drug-likeness (QED) is 0.113. The van der Waals surface area contributed by atoms with Gasteiger partial charge in [0.2, 0.25) is 0 Å². The number of nitrogens with two attached hydrogens (primary N) is 1. The number of thiocarbonyl (C=S) groups is 1. The third-order valence-corrected chi connectivity index (χ3v) is 3.84. The average molecular weight is 434 g/mol. The van der Waals surface area contributed by atoms with Crippen LogP contribution in [0, 0.1) is 10.1 Å². The molecule has 0 aliphatic heterocycles. The number of hydrogen-bond acceptors (Lipinski definition) is 9. The van der Waals surface area contributed by atoms with Crippen LogP contribution in [0.25, 0.3) is 0 Å². The fourth-order valence-corrected chi connectivity index (χ4v) is 2.33. The van der Waals surface area contributed by atoms with Gasteiger partial charge in [0.05, 0.1) is 13.2 Å². The zero-order valence-corrected chi connectivity index (χ0v) is 16.5. The predicted octanol–water partition coefficient (Wildman–Crippen LogP) is 3.04. The molecule has 2 N–H and O–H groups in total. The lowest BCUT2D eigenvalue weighted by atomic mass is 10.2. The number of hydrogen-bond donors (Lipinski definition) is 1. The minimum Gasteiger partial charge on any atom is -0.434 e. The zero-order chi connectivity index (χ0) is 21.9. The molecule has 0 heterocycles. The number of nitrogens with zero attached hydrogens (tertiary/aromatic N) is 1. The summed E-state index contributed by atoms with van der Waals surface area (Å²) in [5, 5.41) is 9.12. The highest BCUT2D eigenvalue weighted by molar-refractivity contribution is 7.80. The van der Waals surface area contributed by atoms with Crippen LogP contribution < -0.4 is 15.2 Å². The molecule has 0 saturated heterocycles. The summed E-state index contributed by atoms with van der Waals surface area (Å²) < 4.78 is 15.2. The van der Waals surface area contributed by atoms with Gasteiger partial charge in [0.1, 0.15) is 22.1 Å². The molecule has 0 spiro atoms. The highest BCUT2D eigenvalue weighted by Crippen LogP contribution is 2.21. The summed E-state index contributed by atoms with van der Waals surface area (Å²) in [6.07, 6.45) is -0.356. The molecule has 0 aliphatic rings. The molecule has 0 saturated carbocycles. The van der Waals surface area contributed by atoms with E-state index in [0.717, 1.165) is 0 Å². The topological polar surface area (TPSA) is 140 Å². The molecular formula is C19H18N2O8S. The largest absolute Gasteiger partial charge is 0.513 e. The van der Waals surface area contributed by atoms with E-state index in [4.69, 9.17) is 32.2 Å². The fourth-order valence-electron chi connectivity index (χ4n) is 2.19. The van der Waals surface area contributed by atoms with Gasteiger partial charge in [0, 0.05) is 5.56 Å². The summed E-state index contributed by atoms with van der Waals surface area (Å²) in [6, 6.07) is 12.3. The molecule has 0 aliphatic carbocycles. The summed E-state index contributed by atoms with van der Waals surface area (Å²) in [6.45, 7) is -0.125. The number of esters is 1. The van der Waals surface area contributed by atoms with Crippen molar-refractivity contribution in [1.29, 1.82) is 0 Å². The number of rotatable bonds is 10. The van der Waals surface area contributed by atoms with E-state index in [1.807, 2.05) is 0 Å². The minimum atomic E-state index is -1.02. The van der Waals surface area contributed by atoms with Crippen molar-refractivity contribution in [1.82, 2.24) is 0 Å². The molecular weight excluding hydrogens is 416 g/mol. The van der Waals surface area contributed by atoms with Crippen LogP contribution in [-0.2, 0) is 9.57 Å². The van der Waals surface area contributed by atoms with Gasteiger partial charge in [-0.3, -0.25) is 0 Å². The van der Waals surface area contributed by atoms with Crippen molar-refractivity contribution >= 4 is 29.3 Å². The molecule has 2 rings (SSSR count). The Hall–Kier alpha value is -3.73. The molecule has 10 nitrogen and oxygen atoms in total. The first-order valence-corrected chi connectivity index (χ1v) is 9.10. The Morgan fingerprint density at radius 2 is 1.67 bits per heavy atom. The molecule has 0 amide bonds. The lowest BCUT2D eigenvalue weighted by Crippen LogP contribution is -2.16. The first-order chi connectivity index (χ1) is 14.4. The molecule has 0 radical (unpaired) electrons. The lowest BCUT2D eigenvalue weighted by Gasteiger charge is -2.10. The van der Waals surface area contributed by atoms with Crippen molar-refractivity contribution in [3.8, 4) is 11.5 Å². The summed E-state index contributed by atoms with van der Waals surface area (Å²) in [5.74, 6) is -0.517. The van der Waals surface area contributed by atoms with Crippen LogP contribution in [0.1, 0.15) is 28.8 Å². The van der Waals surface area contributed by atoms with E-state index in [-0.39, 0.29) is 35.3 Å². The third-order valence-electron chi connectivity index (χ3n) is 3.60. The van der Waals surface area contributed by atoms with Gasteiger partial charge in [-0.15, -0.1) is 10.1 Å². The van der Waals surface area contributed by atoms with Gasteiger partial charge in [-0.1, -0.05) is 24.4 Å². The van der Waals surface area contributed by atoms with Crippen LogP contribution in [0.5, 0.6) is 11.5 Å². The van der Waals surface area contributed by atoms with E-state index in [9.17, 15) is 19.7 Å². The Labute approximate surface area is 176 Å². The van der Waals surface area contributed by atoms with Gasteiger partial charge in [0.15, 0.2) is 0 Å². The lowest BCUT2D eigenvalue weighted by molar-refractivity contribution is -0.757. The van der Waals surface area contributed by atoms with Gasteiger partial charge in [-0.25, -0.2) is 9.59 Å². The Kier molecular flexibility index (Phi) is 8.51. The van der Waals surface area contributed by atoms with Crippen molar-refractivity contribution in [3.05, 3.63) is 69.8 Å². The van der Waals surface area contributed by atoms with Crippen LogP contribution in [-0.4, -0.2) is 35.4 Å². The maximum absolute atomic E-state index is 12.4. The zero-order valence-electron chi connectivity index (χ0n) is 15.6. The maximum Gasteiger partial charge on any atom is 0.513 e. The molecule has 11 heteroatoms. The number of carbonyl (C=O) groups is 2. The Morgan fingerprint density at radius 3 is 2.33 bits per heavy atom. The molecule has 0 fully saturated rings. The molecule has 30 heavy (non-hydrogen) atoms. The Bertz CT molecular complexity index is 917. The molecule has 0 bridgehead atoms. The first-order valence-electron chi connectivity index (χ1n) is 8.70. The average Bonchev–Trinajstić information content (AvgIpc) is 2.71. The van der Waals surface area contributed by atoms with E-state index in [1.165, 1.54) is 24.3 Å². The van der Waals surface area contributed by atoms with E-state index in [1.54, 1.807) is 24.3 Å². The van der Waals surface area contributed by atoms with E-state index in [0.29, 0.717) is 18.4 Å². The van der Waals surface area contributed by atoms with Crippen LogP contribution >= 0.6 is 12.2 Å². The van der Waals surface area contributed by atoms with Crippen LogP contribution in [0.3, 0.4) is 0 Å². The second kappa shape index (κ2) is 11.3. The van der Waals surface area contributed by atoms with Gasteiger partial charge in [-0.05, 0) is 49.2 Å².